The lowest BCUT2D eigenvalue weighted by Gasteiger charge is -2.56. The maximum atomic E-state index is 13.9. The number of hydrogen-bond acceptors (Lipinski definition) is 4. The fourth-order valence-corrected chi connectivity index (χ4v) is 7.06. The van der Waals surface area contributed by atoms with E-state index in [-0.39, 0.29) is 60.6 Å². The predicted octanol–water partition coefficient (Wildman–Crippen LogP) is 4.29. The number of nitrogens with two attached hydrogens (primary N) is 1. The second-order valence-corrected chi connectivity index (χ2v) is 12.7. The number of aromatic nitrogens is 2. The van der Waals surface area contributed by atoms with Crippen LogP contribution in [0.4, 0.5) is 13.2 Å². The standard InChI is InChI=1S/C21H25FN4O2.C8H11F2NO/c22-14-3-1-4-15-19(14)24-20(23-15)21(10-11-21)25-17(27)8-9-18(28)26-12-2-5-16(26)13-6-7-13;9-8(10)3-7(4-8)1-5(2-7)6(11)12/h1,3-4,13,16H,2,5-12H2,(H,23,24)(H,25,27);5H,1-4H2,(H2,11,12). The molecule has 1 atom stereocenters. The largest absolute Gasteiger partial charge is 0.369 e. The molecular weight excluding hydrogens is 523 g/mol. The number of rotatable bonds is 7. The Morgan fingerprint density at radius 1 is 1.10 bits per heavy atom. The molecular formula is C29H36F3N5O3. The van der Waals surface area contributed by atoms with Crippen molar-refractivity contribution in [3.8, 4) is 0 Å². The average molecular weight is 560 g/mol. The lowest BCUT2D eigenvalue weighted by atomic mass is 9.50. The van der Waals surface area contributed by atoms with Crippen LogP contribution in [0.3, 0.4) is 0 Å². The van der Waals surface area contributed by atoms with E-state index in [1.165, 1.54) is 18.9 Å². The summed E-state index contributed by atoms with van der Waals surface area (Å²) in [5, 5.41) is 3.03. The minimum absolute atomic E-state index is 0.0379. The second kappa shape index (κ2) is 9.76. The minimum Gasteiger partial charge on any atom is -0.369 e. The van der Waals surface area contributed by atoms with Gasteiger partial charge in [-0.3, -0.25) is 14.4 Å². The molecule has 4 aliphatic carbocycles. The van der Waals surface area contributed by atoms with Gasteiger partial charge in [0.05, 0.1) is 11.1 Å². The summed E-state index contributed by atoms with van der Waals surface area (Å²) >= 11 is 0. The molecule has 8 nitrogen and oxygen atoms in total. The molecule has 1 unspecified atom stereocenters. The first-order valence-electron chi connectivity index (χ1n) is 14.4. The number of alkyl halides is 2. The van der Waals surface area contributed by atoms with Crippen LogP contribution in [0, 0.1) is 23.1 Å². The summed E-state index contributed by atoms with van der Waals surface area (Å²) in [6.45, 7) is 0.829. The number of carbonyl (C=O) groups excluding carboxylic acids is 3. The third-order valence-corrected chi connectivity index (χ3v) is 9.43. The summed E-state index contributed by atoms with van der Waals surface area (Å²) in [4.78, 5) is 45.2. The zero-order valence-corrected chi connectivity index (χ0v) is 22.5. The summed E-state index contributed by atoms with van der Waals surface area (Å²) in [6, 6.07) is 5.19. The Labute approximate surface area is 230 Å². The van der Waals surface area contributed by atoms with Gasteiger partial charge in [0.1, 0.15) is 11.3 Å². The Balaban J connectivity index is 0.000000201. The smallest absolute Gasteiger partial charge is 0.249 e. The van der Waals surface area contributed by atoms with Crippen LogP contribution in [0.1, 0.15) is 82.9 Å². The van der Waals surface area contributed by atoms with Crippen molar-refractivity contribution in [2.24, 2.45) is 23.0 Å². The Morgan fingerprint density at radius 2 is 1.82 bits per heavy atom. The molecule has 2 aromatic rings. The van der Waals surface area contributed by atoms with Gasteiger partial charge in [0.2, 0.25) is 23.6 Å². The van der Waals surface area contributed by atoms with Crippen molar-refractivity contribution in [2.45, 2.75) is 94.6 Å². The van der Waals surface area contributed by atoms with Gasteiger partial charge in [0.25, 0.3) is 0 Å². The number of carbonyl (C=O) groups is 3. The number of para-hydroxylation sites is 1. The molecule has 1 saturated heterocycles. The van der Waals surface area contributed by atoms with Gasteiger partial charge >= 0.3 is 0 Å². The van der Waals surface area contributed by atoms with Crippen LogP contribution < -0.4 is 11.1 Å². The van der Waals surface area contributed by atoms with E-state index in [1.807, 2.05) is 4.90 Å². The number of nitrogens with zero attached hydrogens (tertiary/aromatic N) is 2. The Kier molecular flexibility index (Phi) is 6.61. The normalized spacial score (nSPS) is 25.5. The molecule has 1 aromatic heterocycles. The SMILES string of the molecule is NC(=O)C1CC2(C1)CC(F)(F)C2.O=C(CCC(=O)N1CCCC1C1CC1)NC1(c2nc3c(F)cccc3[nH]2)CC1. The van der Waals surface area contributed by atoms with Gasteiger partial charge in [-0.05, 0) is 74.8 Å². The molecule has 5 fully saturated rings. The van der Waals surface area contributed by atoms with Gasteiger partial charge in [-0.1, -0.05) is 6.07 Å². The van der Waals surface area contributed by atoms with Crippen molar-refractivity contribution >= 4 is 28.8 Å². The van der Waals surface area contributed by atoms with E-state index in [0.717, 1.165) is 32.2 Å². The van der Waals surface area contributed by atoms with Crippen molar-refractivity contribution in [2.75, 3.05) is 6.54 Å². The Morgan fingerprint density at radius 3 is 2.42 bits per heavy atom. The highest BCUT2D eigenvalue weighted by Crippen LogP contribution is 2.64. The number of aromatic amines is 1. The van der Waals surface area contributed by atoms with Gasteiger partial charge in [-0.15, -0.1) is 0 Å². The molecule has 4 N–H and O–H groups in total. The fraction of sp³-hybridized carbons (Fsp3) is 0.655. The molecule has 1 aliphatic heterocycles. The zero-order chi connectivity index (χ0) is 28.3. The van der Waals surface area contributed by atoms with E-state index in [9.17, 15) is 27.6 Å². The van der Waals surface area contributed by atoms with E-state index in [1.54, 1.807) is 12.1 Å². The van der Waals surface area contributed by atoms with Crippen LogP contribution in [0.15, 0.2) is 18.2 Å². The minimum atomic E-state index is -2.47. The highest BCUT2D eigenvalue weighted by molar-refractivity contribution is 5.85. The highest BCUT2D eigenvalue weighted by atomic mass is 19.3. The number of benzene rings is 1. The van der Waals surface area contributed by atoms with Crippen LogP contribution in [-0.4, -0.2) is 51.1 Å². The van der Waals surface area contributed by atoms with Gasteiger partial charge in [0, 0.05) is 44.2 Å². The molecule has 1 spiro atoms. The van der Waals surface area contributed by atoms with E-state index in [4.69, 9.17) is 5.73 Å². The van der Waals surface area contributed by atoms with E-state index in [0.29, 0.717) is 41.7 Å². The molecule has 4 saturated carbocycles. The first-order valence-corrected chi connectivity index (χ1v) is 14.4. The highest BCUT2D eigenvalue weighted by Gasteiger charge is 2.62. The quantitative estimate of drug-likeness (QED) is 0.469. The van der Waals surface area contributed by atoms with Gasteiger partial charge in [-0.2, -0.15) is 0 Å². The van der Waals surface area contributed by atoms with Crippen LogP contribution in [-0.2, 0) is 19.9 Å². The number of amides is 3. The number of imidazole rings is 1. The van der Waals surface area contributed by atoms with Crippen molar-refractivity contribution in [1.82, 2.24) is 20.2 Å². The van der Waals surface area contributed by atoms with E-state index < -0.39 is 11.5 Å². The van der Waals surface area contributed by atoms with Crippen LogP contribution in [0.5, 0.6) is 0 Å². The van der Waals surface area contributed by atoms with Crippen LogP contribution in [0.25, 0.3) is 11.0 Å². The summed E-state index contributed by atoms with van der Waals surface area (Å²) in [6.07, 6.45) is 7.70. The van der Waals surface area contributed by atoms with Crippen molar-refractivity contribution in [3.05, 3.63) is 29.8 Å². The number of halogens is 3. The predicted molar refractivity (Wildman–Crippen MR) is 140 cm³/mol. The molecule has 5 aliphatic rings. The maximum Gasteiger partial charge on any atom is 0.249 e. The molecule has 0 bridgehead atoms. The lowest BCUT2D eigenvalue weighted by molar-refractivity contribution is -0.206. The molecule has 0 radical (unpaired) electrons. The molecule has 7 rings (SSSR count). The monoisotopic (exact) mass is 559 g/mol. The number of nitrogens with one attached hydrogen (secondary N) is 2. The Bertz CT molecular complexity index is 1320. The van der Waals surface area contributed by atoms with E-state index in [2.05, 4.69) is 15.3 Å². The topological polar surface area (TPSA) is 121 Å². The van der Waals surface area contributed by atoms with Gasteiger partial charge in [-0.25, -0.2) is 18.2 Å². The van der Waals surface area contributed by atoms with Crippen molar-refractivity contribution in [1.29, 1.82) is 0 Å². The molecule has 216 valence electrons. The third kappa shape index (κ3) is 5.31. The summed E-state index contributed by atoms with van der Waals surface area (Å²) in [5.74, 6) is -2.08. The third-order valence-electron chi connectivity index (χ3n) is 9.43. The fourth-order valence-electron chi connectivity index (χ4n) is 7.06. The number of primary amides is 1. The van der Waals surface area contributed by atoms with Crippen LogP contribution in [0.2, 0.25) is 0 Å². The zero-order valence-electron chi connectivity index (χ0n) is 22.5. The van der Waals surface area contributed by atoms with Gasteiger partial charge in [0.15, 0.2) is 5.82 Å². The number of H-pyrrole nitrogens is 1. The van der Waals surface area contributed by atoms with E-state index >= 15 is 0 Å². The number of hydrogen-bond donors (Lipinski definition) is 3. The first kappa shape index (κ1) is 27.1. The molecule has 1 aromatic carbocycles. The van der Waals surface area contributed by atoms with Crippen molar-refractivity contribution in [3.63, 3.8) is 0 Å². The molecule has 2 heterocycles. The summed E-state index contributed by atoms with van der Waals surface area (Å²) in [5.41, 5.74) is 5.20. The van der Waals surface area contributed by atoms with Gasteiger partial charge < -0.3 is 20.9 Å². The number of likely N-dealkylation sites (tertiary alicyclic amines) is 1. The number of fused-ring (bicyclic) bond motifs is 1. The summed E-state index contributed by atoms with van der Waals surface area (Å²) in [7, 11) is 0. The second-order valence-electron chi connectivity index (χ2n) is 12.7. The lowest BCUT2D eigenvalue weighted by Crippen LogP contribution is -2.56. The molecule has 11 heteroatoms. The Hall–Kier alpha value is -3.11. The molecule has 40 heavy (non-hydrogen) atoms. The first-order chi connectivity index (χ1) is 19.0. The summed E-state index contributed by atoms with van der Waals surface area (Å²) < 4.78 is 38.8. The van der Waals surface area contributed by atoms with Crippen molar-refractivity contribution < 1.29 is 27.6 Å². The van der Waals surface area contributed by atoms with Crippen LogP contribution >= 0.6 is 0 Å². The molecule has 3 amide bonds. The average Bonchev–Trinajstić information content (AvgIpc) is 3.76. The maximum absolute atomic E-state index is 13.9.